The third kappa shape index (κ3) is 2.20. The Balaban J connectivity index is 2.54. The highest BCUT2D eigenvalue weighted by Crippen LogP contribution is 2.30. The topological polar surface area (TPSA) is 64.2 Å². The van der Waals surface area contributed by atoms with E-state index < -0.39 is 0 Å². The van der Waals surface area contributed by atoms with Gasteiger partial charge in [0.15, 0.2) is 12.1 Å². The quantitative estimate of drug-likeness (QED) is 0.840. The number of hydrogen-bond donors (Lipinski definition) is 1. The Morgan fingerprint density at radius 1 is 1.17 bits per heavy atom. The van der Waals surface area contributed by atoms with Crippen LogP contribution in [0.3, 0.4) is 0 Å². The van der Waals surface area contributed by atoms with Crippen LogP contribution < -0.4 is 9.47 Å². The number of hydrogen-bond acceptors (Lipinski definition) is 4. The minimum atomic E-state index is 0.310. The molecule has 94 valence electrons. The SMILES string of the molecule is COc1cc(OC)cc(-c2nc(C=O)[nH]c2C)c1. The van der Waals surface area contributed by atoms with Crippen LogP contribution in [0.2, 0.25) is 0 Å². The summed E-state index contributed by atoms with van der Waals surface area (Å²) in [4.78, 5) is 17.8. The molecule has 0 radical (unpaired) electrons. The highest BCUT2D eigenvalue weighted by atomic mass is 16.5. The molecule has 1 aromatic heterocycles. The lowest BCUT2D eigenvalue weighted by atomic mass is 10.1. The number of nitrogens with one attached hydrogen (secondary N) is 1. The van der Waals surface area contributed by atoms with Crippen molar-refractivity contribution in [3.8, 4) is 22.8 Å². The van der Waals surface area contributed by atoms with Crippen LogP contribution in [0.4, 0.5) is 0 Å². The number of aromatic nitrogens is 2. The third-order valence-corrected chi connectivity index (χ3v) is 2.64. The van der Waals surface area contributed by atoms with Gasteiger partial charge < -0.3 is 14.5 Å². The molecule has 0 fully saturated rings. The van der Waals surface area contributed by atoms with Crippen LogP contribution in [0, 0.1) is 6.92 Å². The van der Waals surface area contributed by atoms with Crippen molar-refractivity contribution in [2.75, 3.05) is 14.2 Å². The summed E-state index contributed by atoms with van der Waals surface area (Å²) in [6, 6.07) is 5.48. The van der Waals surface area contributed by atoms with Gasteiger partial charge in [-0.3, -0.25) is 4.79 Å². The van der Waals surface area contributed by atoms with Gasteiger partial charge in [0.05, 0.1) is 19.9 Å². The van der Waals surface area contributed by atoms with Crippen molar-refractivity contribution in [2.24, 2.45) is 0 Å². The van der Waals surface area contributed by atoms with E-state index in [4.69, 9.17) is 9.47 Å². The van der Waals surface area contributed by atoms with E-state index in [1.807, 2.05) is 19.1 Å². The summed E-state index contributed by atoms with van der Waals surface area (Å²) in [7, 11) is 3.18. The van der Waals surface area contributed by atoms with E-state index in [2.05, 4.69) is 9.97 Å². The molecule has 18 heavy (non-hydrogen) atoms. The summed E-state index contributed by atoms with van der Waals surface area (Å²) >= 11 is 0. The summed E-state index contributed by atoms with van der Waals surface area (Å²) in [5, 5.41) is 0. The molecule has 1 aromatic carbocycles. The highest BCUT2D eigenvalue weighted by Gasteiger charge is 2.11. The number of nitrogens with zero attached hydrogens (tertiary/aromatic N) is 1. The molecule has 1 N–H and O–H groups in total. The van der Waals surface area contributed by atoms with Crippen molar-refractivity contribution in [2.45, 2.75) is 6.92 Å². The van der Waals surface area contributed by atoms with Crippen molar-refractivity contribution in [1.29, 1.82) is 0 Å². The first kappa shape index (κ1) is 12.2. The van der Waals surface area contributed by atoms with Crippen LogP contribution in [0.25, 0.3) is 11.3 Å². The molecular weight excluding hydrogens is 232 g/mol. The van der Waals surface area contributed by atoms with Gasteiger partial charge in [-0.25, -0.2) is 4.98 Å². The molecule has 0 saturated carbocycles. The second-order valence-electron chi connectivity index (χ2n) is 3.81. The van der Waals surface area contributed by atoms with Crippen molar-refractivity contribution >= 4 is 6.29 Å². The predicted octanol–water partition coefficient (Wildman–Crippen LogP) is 2.21. The lowest BCUT2D eigenvalue weighted by Gasteiger charge is -2.07. The molecule has 0 saturated heterocycles. The van der Waals surface area contributed by atoms with E-state index in [1.54, 1.807) is 20.3 Å². The van der Waals surface area contributed by atoms with Gasteiger partial charge in [0, 0.05) is 17.3 Å². The van der Waals surface area contributed by atoms with Gasteiger partial charge in [-0.15, -0.1) is 0 Å². The normalized spacial score (nSPS) is 10.2. The second-order valence-corrected chi connectivity index (χ2v) is 3.81. The minimum Gasteiger partial charge on any atom is -0.497 e. The molecule has 5 nitrogen and oxygen atoms in total. The van der Waals surface area contributed by atoms with Crippen LogP contribution in [-0.4, -0.2) is 30.5 Å². The molecule has 0 bridgehead atoms. The standard InChI is InChI=1S/C13H14N2O3/c1-8-13(15-12(7-16)14-8)9-4-10(17-2)6-11(5-9)18-3/h4-7H,1-3H3,(H,14,15). The molecule has 0 aliphatic heterocycles. The van der Waals surface area contributed by atoms with Crippen LogP contribution >= 0.6 is 0 Å². The maximum Gasteiger partial charge on any atom is 0.185 e. The fourth-order valence-electron chi connectivity index (χ4n) is 1.76. The van der Waals surface area contributed by atoms with Gasteiger partial charge in [0.2, 0.25) is 0 Å². The van der Waals surface area contributed by atoms with E-state index in [-0.39, 0.29) is 0 Å². The third-order valence-electron chi connectivity index (χ3n) is 2.64. The van der Waals surface area contributed by atoms with E-state index >= 15 is 0 Å². The summed E-state index contributed by atoms with van der Waals surface area (Å²) in [5.41, 5.74) is 2.38. The van der Waals surface area contributed by atoms with E-state index in [9.17, 15) is 4.79 Å². The number of aromatic amines is 1. The first-order valence-electron chi connectivity index (χ1n) is 5.43. The fraction of sp³-hybridized carbons (Fsp3) is 0.231. The summed E-state index contributed by atoms with van der Waals surface area (Å²) in [6.45, 7) is 1.86. The minimum absolute atomic E-state index is 0.310. The Bertz CT molecular complexity index is 553. The fourth-order valence-corrected chi connectivity index (χ4v) is 1.76. The Morgan fingerprint density at radius 2 is 1.78 bits per heavy atom. The number of carbonyl (C=O) groups excluding carboxylic acids is 1. The average molecular weight is 246 g/mol. The Labute approximate surface area is 105 Å². The molecule has 2 aromatic rings. The molecule has 5 heteroatoms. The Morgan fingerprint density at radius 3 is 2.22 bits per heavy atom. The van der Waals surface area contributed by atoms with Gasteiger partial charge in [0.1, 0.15) is 11.5 Å². The lowest BCUT2D eigenvalue weighted by molar-refractivity contribution is 0.111. The van der Waals surface area contributed by atoms with Crippen molar-refractivity contribution in [3.63, 3.8) is 0 Å². The maximum absolute atomic E-state index is 10.7. The molecule has 1 heterocycles. The van der Waals surface area contributed by atoms with Gasteiger partial charge in [-0.1, -0.05) is 0 Å². The Kier molecular flexibility index (Phi) is 3.32. The number of rotatable bonds is 4. The van der Waals surface area contributed by atoms with Gasteiger partial charge >= 0.3 is 0 Å². The van der Waals surface area contributed by atoms with Crippen molar-refractivity contribution in [1.82, 2.24) is 9.97 Å². The monoisotopic (exact) mass is 246 g/mol. The lowest BCUT2D eigenvalue weighted by Crippen LogP contribution is -1.90. The first-order valence-corrected chi connectivity index (χ1v) is 5.43. The number of imidazole rings is 1. The number of benzene rings is 1. The van der Waals surface area contributed by atoms with Crippen LogP contribution in [-0.2, 0) is 0 Å². The summed E-state index contributed by atoms with van der Waals surface area (Å²) < 4.78 is 10.4. The van der Waals surface area contributed by atoms with E-state index in [0.717, 1.165) is 11.3 Å². The highest BCUT2D eigenvalue weighted by molar-refractivity contribution is 5.74. The van der Waals surface area contributed by atoms with E-state index in [0.29, 0.717) is 29.3 Å². The zero-order valence-corrected chi connectivity index (χ0v) is 10.5. The van der Waals surface area contributed by atoms with Gasteiger partial charge in [-0.2, -0.15) is 0 Å². The number of methoxy groups -OCH3 is 2. The predicted molar refractivity (Wildman–Crippen MR) is 67.3 cm³/mol. The summed E-state index contributed by atoms with van der Waals surface area (Å²) in [6.07, 6.45) is 0.688. The number of ether oxygens (including phenoxy) is 2. The number of aryl methyl sites for hydroxylation is 1. The number of carbonyl (C=O) groups is 1. The van der Waals surface area contributed by atoms with Gasteiger partial charge in [-0.05, 0) is 19.1 Å². The molecule has 0 spiro atoms. The maximum atomic E-state index is 10.7. The largest absolute Gasteiger partial charge is 0.497 e. The Hall–Kier alpha value is -2.30. The van der Waals surface area contributed by atoms with Crippen LogP contribution in [0.5, 0.6) is 11.5 Å². The van der Waals surface area contributed by atoms with Gasteiger partial charge in [0.25, 0.3) is 0 Å². The molecular formula is C13H14N2O3. The second kappa shape index (κ2) is 4.91. The average Bonchev–Trinajstić information content (AvgIpc) is 2.79. The molecule has 0 aliphatic rings. The molecule has 2 rings (SSSR count). The van der Waals surface area contributed by atoms with Crippen molar-refractivity contribution < 1.29 is 14.3 Å². The zero-order chi connectivity index (χ0) is 13.1. The number of aldehydes is 1. The van der Waals surface area contributed by atoms with Crippen molar-refractivity contribution in [3.05, 3.63) is 29.7 Å². The smallest absolute Gasteiger partial charge is 0.185 e. The molecule has 0 unspecified atom stereocenters. The van der Waals surface area contributed by atoms with Crippen LogP contribution in [0.1, 0.15) is 16.3 Å². The first-order chi connectivity index (χ1) is 8.67. The zero-order valence-electron chi connectivity index (χ0n) is 10.5. The summed E-state index contributed by atoms with van der Waals surface area (Å²) in [5.74, 6) is 1.67. The molecule has 0 amide bonds. The molecule has 0 aliphatic carbocycles. The van der Waals surface area contributed by atoms with E-state index in [1.165, 1.54) is 0 Å². The molecule has 0 atom stereocenters. The van der Waals surface area contributed by atoms with Crippen LogP contribution in [0.15, 0.2) is 18.2 Å². The number of H-pyrrole nitrogens is 1.